The van der Waals surface area contributed by atoms with Gasteiger partial charge in [-0.3, -0.25) is 9.59 Å². The van der Waals surface area contributed by atoms with Crippen LogP contribution in [0.3, 0.4) is 0 Å². The molecule has 116 valence electrons. The minimum Gasteiger partial charge on any atom is -0.481 e. The topological polar surface area (TPSA) is 90.6 Å². The highest BCUT2D eigenvalue weighted by Gasteiger charge is 2.29. The summed E-state index contributed by atoms with van der Waals surface area (Å²) in [5.74, 6) is -0.777. The van der Waals surface area contributed by atoms with E-state index in [1.54, 1.807) is 36.1 Å². The molecule has 1 N–H and O–H groups in total. The van der Waals surface area contributed by atoms with Gasteiger partial charge in [-0.2, -0.15) is 5.26 Å². The summed E-state index contributed by atoms with van der Waals surface area (Å²) in [5.41, 5.74) is 0.530. The summed E-state index contributed by atoms with van der Waals surface area (Å²) < 4.78 is 5.59. The Kier molecular flexibility index (Phi) is 4.99. The van der Waals surface area contributed by atoms with Gasteiger partial charge in [0.15, 0.2) is 6.10 Å². The largest absolute Gasteiger partial charge is 0.481 e. The van der Waals surface area contributed by atoms with Gasteiger partial charge in [0.1, 0.15) is 5.75 Å². The number of hydrogen-bond donors (Lipinski definition) is 1. The van der Waals surface area contributed by atoms with Crippen molar-refractivity contribution in [2.24, 2.45) is 5.92 Å². The highest BCUT2D eigenvalue weighted by atomic mass is 16.5. The number of carboxylic acids is 1. The van der Waals surface area contributed by atoms with Gasteiger partial charge in [0.25, 0.3) is 5.91 Å². The van der Waals surface area contributed by atoms with Crippen LogP contribution in [0, 0.1) is 17.2 Å². The fraction of sp³-hybridized carbons (Fsp3) is 0.438. The van der Waals surface area contributed by atoms with Crippen molar-refractivity contribution in [1.29, 1.82) is 5.26 Å². The van der Waals surface area contributed by atoms with E-state index in [9.17, 15) is 9.59 Å². The summed E-state index contributed by atoms with van der Waals surface area (Å²) in [6.45, 7) is 2.55. The number of piperidine rings is 1. The van der Waals surface area contributed by atoms with E-state index >= 15 is 0 Å². The molecular weight excluding hydrogens is 284 g/mol. The van der Waals surface area contributed by atoms with E-state index in [4.69, 9.17) is 15.1 Å². The van der Waals surface area contributed by atoms with Gasteiger partial charge < -0.3 is 14.7 Å². The van der Waals surface area contributed by atoms with Crippen LogP contribution in [0.2, 0.25) is 0 Å². The monoisotopic (exact) mass is 302 g/mol. The quantitative estimate of drug-likeness (QED) is 0.913. The van der Waals surface area contributed by atoms with Gasteiger partial charge >= 0.3 is 5.97 Å². The summed E-state index contributed by atoms with van der Waals surface area (Å²) in [6.07, 6.45) is 0.310. The third-order valence-corrected chi connectivity index (χ3v) is 3.80. The molecule has 2 rings (SSSR count). The van der Waals surface area contributed by atoms with Gasteiger partial charge in [0, 0.05) is 13.1 Å². The van der Waals surface area contributed by atoms with Crippen LogP contribution in [0.25, 0.3) is 0 Å². The van der Waals surface area contributed by atoms with Crippen LogP contribution in [0.5, 0.6) is 5.75 Å². The molecule has 1 atom stereocenters. The molecule has 1 fully saturated rings. The standard InChI is InChI=1S/C16H18N2O4/c1-11(22-14-4-2-12(10-17)3-5-14)15(19)18-8-6-13(7-9-18)16(20)21/h2-5,11,13H,6-9H2,1H3,(H,20,21)/t11-/m0/s1. The lowest BCUT2D eigenvalue weighted by Crippen LogP contribution is -2.45. The second kappa shape index (κ2) is 6.94. The zero-order valence-electron chi connectivity index (χ0n) is 12.4. The number of carboxylic acid groups (broad SMARTS) is 1. The van der Waals surface area contributed by atoms with Crippen LogP contribution in [0.1, 0.15) is 25.3 Å². The first-order chi connectivity index (χ1) is 10.5. The van der Waals surface area contributed by atoms with Crippen LogP contribution in [0.15, 0.2) is 24.3 Å². The number of benzene rings is 1. The number of rotatable bonds is 4. The lowest BCUT2D eigenvalue weighted by molar-refractivity contribution is -0.147. The van der Waals surface area contributed by atoms with E-state index < -0.39 is 12.1 Å². The normalized spacial score (nSPS) is 16.6. The highest BCUT2D eigenvalue weighted by molar-refractivity contribution is 5.81. The summed E-state index contributed by atoms with van der Waals surface area (Å²) in [5, 5.41) is 17.7. The van der Waals surface area contributed by atoms with Crippen molar-refractivity contribution >= 4 is 11.9 Å². The first-order valence-electron chi connectivity index (χ1n) is 7.19. The number of nitrogens with zero attached hydrogens (tertiary/aromatic N) is 2. The molecule has 1 saturated heterocycles. The Morgan fingerprint density at radius 3 is 2.41 bits per heavy atom. The fourth-order valence-electron chi connectivity index (χ4n) is 2.47. The van der Waals surface area contributed by atoms with Crippen LogP contribution in [-0.2, 0) is 9.59 Å². The molecule has 0 radical (unpaired) electrons. The second-order valence-electron chi connectivity index (χ2n) is 5.33. The third-order valence-electron chi connectivity index (χ3n) is 3.80. The summed E-state index contributed by atoms with van der Waals surface area (Å²) in [6, 6.07) is 8.58. The molecule has 6 heteroatoms. The van der Waals surface area contributed by atoms with Crippen molar-refractivity contribution in [1.82, 2.24) is 4.90 Å². The number of nitriles is 1. The molecule has 6 nitrogen and oxygen atoms in total. The Hall–Kier alpha value is -2.55. The molecule has 0 spiro atoms. The van der Waals surface area contributed by atoms with Crippen LogP contribution in [0.4, 0.5) is 0 Å². The number of carbonyl (C=O) groups is 2. The number of amides is 1. The predicted octanol–water partition coefficient (Wildman–Crippen LogP) is 1.65. The first kappa shape index (κ1) is 15.8. The minimum atomic E-state index is -0.797. The molecule has 1 aromatic rings. The zero-order chi connectivity index (χ0) is 16.1. The number of aliphatic carboxylic acids is 1. The Labute approximate surface area is 128 Å². The van der Waals surface area contributed by atoms with E-state index in [1.807, 2.05) is 6.07 Å². The third kappa shape index (κ3) is 3.76. The van der Waals surface area contributed by atoms with Crippen molar-refractivity contribution in [3.63, 3.8) is 0 Å². The second-order valence-corrected chi connectivity index (χ2v) is 5.33. The lowest BCUT2D eigenvalue weighted by atomic mass is 9.97. The minimum absolute atomic E-state index is 0.145. The van der Waals surface area contributed by atoms with Crippen LogP contribution in [-0.4, -0.2) is 41.1 Å². The van der Waals surface area contributed by atoms with Gasteiger partial charge in [0.2, 0.25) is 0 Å². The zero-order valence-corrected chi connectivity index (χ0v) is 12.4. The van der Waals surface area contributed by atoms with Crippen molar-refractivity contribution in [3.8, 4) is 11.8 Å². The van der Waals surface area contributed by atoms with Gasteiger partial charge in [-0.25, -0.2) is 0 Å². The molecular formula is C16H18N2O4. The molecule has 1 aliphatic heterocycles. The number of carbonyl (C=O) groups excluding carboxylic acids is 1. The Morgan fingerprint density at radius 2 is 1.91 bits per heavy atom. The summed E-state index contributed by atoms with van der Waals surface area (Å²) >= 11 is 0. The number of likely N-dealkylation sites (tertiary alicyclic amines) is 1. The van der Waals surface area contributed by atoms with E-state index in [2.05, 4.69) is 0 Å². The molecule has 0 aliphatic carbocycles. The smallest absolute Gasteiger partial charge is 0.306 e. The van der Waals surface area contributed by atoms with E-state index in [-0.39, 0.29) is 11.8 Å². The maximum atomic E-state index is 12.3. The SMILES string of the molecule is C[C@H](Oc1ccc(C#N)cc1)C(=O)N1CCC(C(=O)O)CC1. The first-order valence-corrected chi connectivity index (χ1v) is 7.19. The molecule has 0 saturated carbocycles. The molecule has 1 heterocycles. The highest BCUT2D eigenvalue weighted by Crippen LogP contribution is 2.19. The molecule has 1 amide bonds. The van der Waals surface area contributed by atoms with Crippen molar-refractivity contribution in [2.45, 2.75) is 25.9 Å². The Morgan fingerprint density at radius 1 is 1.32 bits per heavy atom. The molecule has 1 aliphatic rings. The van der Waals surface area contributed by atoms with Crippen LogP contribution >= 0.6 is 0 Å². The Balaban J connectivity index is 1.89. The predicted molar refractivity (Wildman–Crippen MR) is 78.2 cm³/mol. The average Bonchev–Trinajstić information content (AvgIpc) is 2.55. The molecule has 0 bridgehead atoms. The van der Waals surface area contributed by atoms with E-state index in [0.29, 0.717) is 37.2 Å². The lowest BCUT2D eigenvalue weighted by Gasteiger charge is -2.32. The van der Waals surface area contributed by atoms with Gasteiger partial charge in [-0.1, -0.05) is 0 Å². The molecule has 0 unspecified atom stereocenters. The molecule has 22 heavy (non-hydrogen) atoms. The number of hydrogen-bond acceptors (Lipinski definition) is 4. The Bertz CT molecular complexity index is 583. The van der Waals surface area contributed by atoms with Crippen molar-refractivity contribution in [2.75, 3.05) is 13.1 Å². The van der Waals surface area contributed by atoms with Crippen LogP contribution < -0.4 is 4.74 Å². The van der Waals surface area contributed by atoms with Crippen molar-refractivity contribution < 1.29 is 19.4 Å². The van der Waals surface area contributed by atoms with Gasteiger partial charge in [-0.15, -0.1) is 0 Å². The fourth-order valence-corrected chi connectivity index (χ4v) is 2.47. The maximum Gasteiger partial charge on any atom is 0.306 e. The van der Waals surface area contributed by atoms with Crippen molar-refractivity contribution in [3.05, 3.63) is 29.8 Å². The molecule has 1 aromatic carbocycles. The maximum absolute atomic E-state index is 12.3. The number of ether oxygens (including phenoxy) is 1. The van der Waals surface area contributed by atoms with E-state index in [0.717, 1.165) is 0 Å². The van der Waals surface area contributed by atoms with Gasteiger partial charge in [0.05, 0.1) is 17.6 Å². The average molecular weight is 302 g/mol. The van der Waals surface area contributed by atoms with Gasteiger partial charge in [-0.05, 0) is 44.0 Å². The summed E-state index contributed by atoms with van der Waals surface area (Å²) in [7, 11) is 0. The van der Waals surface area contributed by atoms with E-state index in [1.165, 1.54) is 0 Å². The molecule has 0 aromatic heterocycles. The summed E-state index contributed by atoms with van der Waals surface area (Å²) in [4.78, 5) is 24.9.